The summed E-state index contributed by atoms with van der Waals surface area (Å²) in [6.07, 6.45) is 1.79. The summed E-state index contributed by atoms with van der Waals surface area (Å²) in [6, 6.07) is 4.68. The maximum Gasteiger partial charge on any atom is 0.137 e. The van der Waals surface area contributed by atoms with E-state index in [-0.39, 0.29) is 11.6 Å². The van der Waals surface area contributed by atoms with E-state index < -0.39 is 0 Å². The number of hydrogen-bond donors (Lipinski definition) is 1. The van der Waals surface area contributed by atoms with E-state index in [0.29, 0.717) is 17.3 Å². The molecule has 2 nitrogen and oxygen atoms in total. The molecule has 4 heteroatoms. The molecule has 0 atom stereocenters. The number of ketones is 1. The minimum absolute atomic E-state index is 0.189. The van der Waals surface area contributed by atoms with Crippen LogP contribution in [0.4, 0.5) is 4.39 Å². The Balaban J connectivity index is 2.46. The third-order valence-electron chi connectivity index (χ3n) is 2.27. The molecule has 0 aliphatic heterocycles. The highest BCUT2D eigenvalue weighted by Gasteiger charge is 2.05. The van der Waals surface area contributed by atoms with Crippen molar-refractivity contribution in [2.45, 2.75) is 19.3 Å². The van der Waals surface area contributed by atoms with Crippen LogP contribution in [0.15, 0.2) is 22.7 Å². The Kier molecular flexibility index (Phi) is 5.63. The third-order valence-corrected chi connectivity index (χ3v) is 2.88. The van der Waals surface area contributed by atoms with Gasteiger partial charge in [0.25, 0.3) is 0 Å². The van der Waals surface area contributed by atoms with Crippen molar-refractivity contribution in [2.24, 2.45) is 0 Å². The van der Waals surface area contributed by atoms with Gasteiger partial charge in [-0.25, -0.2) is 4.39 Å². The first kappa shape index (κ1) is 13.3. The summed E-state index contributed by atoms with van der Waals surface area (Å²) in [6.45, 7) is 0.846. The molecule has 1 N–H and O–H groups in total. The van der Waals surface area contributed by atoms with E-state index in [1.807, 2.05) is 7.05 Å². The average molecular weight is 288 g/mol. The maximum absolute atomic E-state index is 12.9. The Morgan fingerprint density at radius 1 is 1.50 bits per heavy atom. The third kappa shape index (κ3) is 4.41. The van der Waals surface area contributed by atoms with Crippen LogP contribution in [0.5, 0.6) is 0 Å². The molecule has 0 radical (unpaired) electrons. The lowest BCUT2D eigenvalue weighted by atomic mass is 10.1. The fraction of sp³-hybridized carbons (Fsp3) is 0.417. The van der Waals surface area contributed by atoms with Crippen LogP contribution < -0.4 is 5.32 Å². The summed E-state index contributed by atoms with van der Waals surface area (Å²) < 4.78 is 13.4. The second-order valence-corrected chi connectivity index (χ2v) is 4.53. The number of halogens is 2. The van der Waals surface area contributed by atoms with Gasteiger partial charge in [-0.2, -0.15) is 0 Å². The van der Waals surface area contributed by atoms with Crippen LogP contribution in [0, 0.1) is 5.82 Å². The highest BCUT2D eigenvalue weighted by atomic mass is 79.9. The van der Waals surface area contributed by atoms with Crippen LogP contribution in [0.2, 0.25) is 0 Å². The van der Waals surface area contributed by atoms with Gasteiger partial charge < -0.3 is 5.32 Å². The minimum atomic E-state index is -0.300. The first-order valence-electron chi connectivity index (χ1n) is 5.23. The first-order valence-corrected chi connectivity index (χ1v) is 6.03. The predicted molar refractivity (Wildman–Crippen MR) is 66.0 cm³/mol. The van der Waals surface area contributed by atoms with Crippen molar-refractivity contribution >= 4 is 21.7 Å². The van der Waals surface area contributed by atoms with Gasteiger partial charge in [-0.3, -0.25) is 4.79 Å². The summed E-state index contributed by atoms with van der Waals surface area (Å²) in [5.74, 6) is -0.111. The number of hydrogen-bond acceptors (Lipinski definition) is 2. The van der Waals surface area contributed by atoms with Gasteiger partial charge in [-0.15, -0.1) is 0 Å². The summed E-state index contributed by atoms with van der Waals surface area (Å²) in [4.78, 5) is 11.5. The topological polar surface area (TPSA) is 29.1 Å². The Morgan fingerprint density at radius 2 is 2.25 bits per heavy atom. The number of carbonyl (C=O) groups is 1. The number of Topliss-reactive ketones (excluding diaryl/α,β-unsaturated/α-hetero) is 1. The van der Waals surface area contributed by atoms with Crippen molar-refractivity contribution < 1.29 is 9.18 Å². The smallest absolute Gasteiger partial charge is 0.137 e. The Bertz CT molecular complexity index is 368. The molecule has 0 aliphatic carbocycles. The van der Waals surface area contributed by atoms with Crippen LogP contribution in [0.3, 0.4) is 0 Å². The fourth-order valence-corrected chi connectivity index (χ4v) is 1.85. The number of benzene rings is 1. The van der Waals surface area contributed by atoms with Crippen molar-refractivity contribution in [3.05, 3.63) is 34.1 Å². The van der Waals surface area contributed by atoms with Crippen molar-refractivity contribution in [1.82, 2.24) is 5.32 Å². The van der Waals surface area contributed by atoms with Gasteiger partial charge in [0.1, 0.15) is 11.6 Å². The Morgan fingerprint density at radius 3 is 2.88 bits per heavy atom. The molecule has 0 bridgehead atoms. The van der Waals surface area contributed by atoms with Gasteiger partial charge in [0.05, 0.1) is 4.47 Å². The van der Waals surface area contributed by atoms with E-state index in [9.17, 15) is 9.18 Å². The van der Waals surface area contributed by atoms with E-state index in [1.54, 1.807) is 12.1 Å². The van der Waals surface area contributed by atoms with E-state index in [1.165, 1.54) is 6.07 Å². The molecule has 0 aromatic heterocycles. The maximum atomic E-state index is 12.9. The average Bonchev–Trinajstić information content (AvgIpc) is 2.24. The Hall–Kier alpha value is -0.740. The highest BCUT2D eigenvalue weighted by molar-refractivity contribution is 9.10. The molecule has 16 heavy (non-hydrogen) atoms. The number of nitrogens with one attached hydrogen (secondary N) is 1. The molecule has 0 aliphatic rings. The van der Waals surface area contributed by atoms with Gasteiger partial charge in [0, 0.05) is 12.8 Å². The second-order valence-electron chi connectivity index (χ2n) is 3.67. The van der Waals surface area contributed by atoms with Gasteiger partial charge in [0.2, 0.25) is 0 Å². The molecule has 88 valence electrons. The van der Waals surface area contributed by atoms with E-state index in [4.69, 9.17) is 0 Å². The van der Waals surface area contributed by atoms with Crippen molar-refractivity contribution in [1.29, 1.82) is 0 Å². The Labute approximate surface area is 103 Å². The number of carbonyl (C=O) groups excluding carboxylic acids is 1. The molecule has 0 fully saturated rings. The zero-order chi connectivity index (χ0) is 12.0. The van der Waals surface area contributed by atoms with Crippen LogP contribution in [0.1, 0.15) is 18.4 Å². The van der Waals surface area contributed by atoms with Crippen molar-refractivity contribution in [3.8, 4) is 0 Å². The van der Waals surface area contributed by atoms with E-state index >= 15 is 0 Å². The zero-order valence-electron chi connectivity index (χ0n) is 9.22. The minimum Gasteiger partial charge on any atom is -0.320 e. The second kappa shape index (κ2) is 6.76. The summed E-state index contributed by atoms with van der Waals surface area (Å²) >= 11 is 3.10. The molecule has 1 rings (SSSR count). The predicted octanol–water partition coefficient (Wildman–Crippen LogP) is 2.70. The molecule has 0 saturated carbocycles. The molecule has 1 aromatic carbocycles. The normalized spacial score (nSPS) is 10.4. The SMILES string of the molecule is CNCCCC(=O)Cc1ccc(F)c(Br)c1. The molecule has 0 saturated heterocycles. The standard InChI is InChI=1S/C12H15BrFNO/c1-15-6-2-3-10(16)7-9-4-5-12(14)11(13)8-9/h4-5,8,15H,2-3,6-7H2,1H3. The summed E-state index contributed by atoms with van der Waals surface area (Å²) in [7, 11) is 1.86. The molecular weight excluding hydrogens is 273 g/mol. The molecular formula is C12H15BrFNO. The van der Waals surface area contributed by atoms with Crippen LogP contribution >= 0.6 is 15.9 Å². The molecule has 0 unspecified atom stereocenters. The van der Waals surface area contributed by atoms with Crippen molar-refractivity contribution in [3.63, 3.8) is 0 Å². The van der Waals surface area contributed by atoms with Gasteiger partial charge in [-0.05, 0) is 53.6 Å². The van der Waals surface area contributed by atoms with Crippen LogP contribution in [-0.4, -0.2) is 19.4 Å². The first-order chi connectivity index (χ1) is 7.63. The summed E-state index contributed by atoms with van der Waals surface area (Å²) in [5, 5.41) is 2.99. The molecule has 0 spiro atoms. The lowest BCUT2D eigenvalue weighted by Gasteiger charge is -2.03. The lowest BCUT2D eigenvalue weighted by molar-refractivity contribution is -0.118. The van der Waals surface area contributed by atoms with Gasteiger partial charge in [-0.1, -0.05) is 6.07 Å². The largest absolute Gasteiger partial charge is 0.320 e. The van der Waals surface area contributed by atoms with E-state index in [2.05, 4.69) is 21.2 Å². The zero-order valence-corrected chi connectivity index (χ0v) is 10.8. The van der Waals surface area contributed by atoms with Crippen molar-refractivity contribution in [2.75, 3.05) is 13.6 Å². The van der Waals surface area contributed by atoms with E-state index in [0.717, 1.165) is 18.5 Å². The molecule has 0 heterocycles. The number of rotatable bonds is 6. The van der Waals surface area contributed by atoms with Crippen LogP contribution in [0.25, 0.3) is 0 Å². The fourth-order valence-electron chi connectivity index (χ4n) is 1.43. The quantitative estimate of drug-likeness (QED) is 0.815. The highest BCUT2D eigenvalue weighted by Crippen LogP contribution is 2.17. The molecule has 1 aromatic rings. The van der Waals surface area contributed by atoms with Crippen LogP contribution in [-0.2, 0) is 11.2 Å². The van der Waals surface area contributed by atoms with Gasteiger partial charge in [0.15, 0.2) is 0 Å². The monoisotopic (exact) mass is 287 g/mol. The molecule has 0 amide bonds. The lowest BCUT2D eigenvalue weighted by Crippen LogP contribution is -2.11. The van der Waals surface area contributed by atoms with Gasteiger partial charge >= 0.3 is 0 Å². The summed E-state index contributed by atoms with van der Waals surface area (Å²) in [5.41, 5.74) is 0.850.